The lowest BCUT2D eigenvalue weighted by molar-refractivity contribution is -0.143. The molecule has 0 saturated carbocycles. The summed E-state index contributed by atoms with van der Waals surface area (Å²) >= 11 is 1.12. The Labute approximate surface area is 345 Å². The Balaban J connectivity index is 1.66. The third-order valence-electron chi connectivity index (χ3n) is 11.2. The molecule has 0 aliphatic carbocycles. The summed E-state index contributed by atoms with van der Waals surface area (Å²) in [5.74, 6) is -7.70. The molecule has 0 spiro atoms. The summed E-state index contributed by atoms with van der Waals surface area (Å²) in [4.78, 5) is 128. The Hall–Kier alpha value is -5.66. The fraction of sp³-hybridized carbons (Fsp3) is 0.564. The fourth-order valence-corrected chi connectivity index (χ4v) is 8.51. The summed E-state index contributed by atoms with van der Waals surface area (Å²) in [5, 5.41) is 19.7. The number of hydrogen-bond acceptors (Lipinski definition) is 10. The van der Waals surface area contributed by atoms with Crippen LogP contribution in [0.15, 0.2) is 29.3 Å². The van der Waals surface area contributed by atoms with Crippen molar-refractivity contribution in [3.63, 3.8) is 0 Å². The number of H-pyrrole nitrogens is 1. The number of nitrogens with zero attached hydrogens (tertiary/aromatic N) is 1. The van der Waals surface area contributed by atoms with Gasteiger partial charge in [0.1, 0.15) is 36.3 Å². The highest BCUT2D eigenvalue weighted by atomic mass is 32.2. The van der Waals surface area contributed by atoms with E-state index >= 15 is 0 Å². The fourth-order valence-electron chi connectivity index (χ4n) is 7.39. The zero-order chi connectivity index (χ0) is 43.0. The molecule has 0 radical (unpaired) electrons. The van der Waals surface area contributed by atoms with Gasteiger partial charge in [0.15, 0.2) is 0 Å². The van der Waals surface area contributed by atoms with Crippen LogP contribution < -0.4 is 43.0 Å². The second kappa shape index (κ2) is 19.9. The highest BCUT2D eigenvalue weighted by Crippen LogP contribution is 2.32. The van der Waals surface area contributed by atoms with Crippen molar-refractivity contribution >= 4 is 75.8 Å². The monoisotopic (exact) mass is 838 g/mol. The summed E-state index contributed by atoms with van der Waals surface area (Å²) in [7, 11) is 0. The van der Waals surface area contributed by atoms with Gasteiger partial charge in [-0.1, -0.05) is 58.7 Å². The Morgan fingerprint density at radius 3 is 2.10 bits per heavy atom. The molecular formula is C39H54N10O9S. The first-order valence-corrected chi connectivity index (χ1v) is 21.0. The summed E-state index contributed by atoms with van der Waals surface area (Å²) in [6.45, 7) is 6.10. The molecule has 320 valence electrons. The van der Waals surface area contributed by atoms with Gasteiger partial charge in [-0.05, 0) is 36.3 Å². The van der Waals surface area contributed by atoms with E-state index in [1.54, 1.807) is 32.0 Å². The molecule has 1 fully saturated rings. The summed E-state index contributed by atoms with van der Waals surface area (Å²) in [5.41, 5.74) is 6.78. The quantitative estimate of drug-likeness (QED) is 0.161. The van der Waals surface area contributed by atoms with E-state index in [1.807, 2.05) is 19.9 Å². The molecule has 10 N–H and O–H groups in total. The second-order valence-electron chi connectivity index (χ2n) is 15.3. The Bertz CT molecular complexity index is 1970. The van der Waals surface area contributed by atoms with E-state index in [0.29, 0.717) is 40.8 Å². The number of benzene rings is 1. The van der Waals surface area contributed by atoms with Crippen molar-refractivity contribution in [2.75, 3.05) is 25.4 Å². The predicted octanol–water partition coefficient (Wildman–Crippen LogP) is -1.56. The van der Waals surface area contributed by atoms with Crippen LogP contribution >= 0.6 is 11.8 Å². The number of fused-ring (bicyclic) bond motifs is 5. The number of rotatable bonds is 6. The number of nitrogens with two attached hydrogens (primary N) is 1. The number of carbonyl (C=O) groups excluding carboxylic acids is 9. The van der Waals surface area contributed by atoms with Crippen molar-refractivity contribution in [3.8, 4) is 0 Å². The first-order valence-electron chi connectivity index (χ1n) is 20.0. The van der Waals surface area contributed by atoms with E-state index < -0.39 is 121 Å². The van der Waals surface area contributed by atoms with Crippen LogP contribution in [0.2, 0.25) is 0 Å². The maximum Gasteiger partial charge on any atom is 0.246 e. The number of aromatic nitrogens is 1. The topological polar surface area (TPSA) is 283 Å². The largest absolute Gasteiger partial charge is 0.370 e. The molecule has 3 aliphatic heterocycles. The van der Waals surface area contributed by atoms with Gasteiger partial charge < -0.3 is 52.8 Å². The highest BCUT2D eigenvalue weighted by molar-refractivity contribution is 7.99. The zero-order valence-electron chi connectivity index (χ0n) is 33.6. The SMILES string of the molecule is CC[C@H](C)[C@@H]1NC(=O)CNC(=O)[C@@H]2Cc3c([nH]c4ccccc34)SC[C@H](NC(=O)CNC1=O)C(=O)N[C@@H](CC(N)=O)C(=O)N1CCC[C@H]1C(=O)N[C@H]([C@@H](C)CC)C(=O)N2. The minimum Gasteiger partial charge on any atom is -0.370 e. The van der Waals surface area contributed by atoms with E-state index in [9.17, 15) is 43.2 Å². The molecule has 59 heavy (non-hydrogen) atoms. The Kier molecular flexibility index (Phi) is 15.0. The van der Waals surface area contributed by atoms with Crippen molar-refractivity contribution in [2.45, 2.75) is 107 Å². The van der Waals surface area contributed by atoms with Crippen LogP contribution in [0.4, 0.5) is 0 Å². The lowest BCUT2D eigenvalue weighted by atomic mass is 9.96. The molecule has 2 bridgehead atoms. The Morgan fingerprint density at radius 1 is 0.780 bits per heavy atom. The predicted molar refractivity (Wildman–Crippen MR) is 216 cm³/mol. The van der Waals surface area contributed by atoms with E-state index in [4.69, 9.17) is 5.73 Å². The lowest BCUT2D eigenvalue weighted by Crippen LogP contribution is -2.61. The van der Waals surface area contributed by atoms with Crippen molar-refractivity contribution < 1.29 is 43.2 Å². The van der Waals surface area contributed by atoms with Gasteiger partial charge in [0, 0.05) is 29.6 Å². The molecule has 1 aromatic carbocycles. The van der Waals surface area contributed by atoms with Crippen molar-refractivity contribution in [1.29, 1.82) is 0 Å². The molecule has 1 aromatic heterocycles. The molecule has 9 amide bonds. The number of hydrogen-bond donors (Lipinski definition) is 9. The highest BCUT2D eigenvalue weighted by Gasteiger charge is 2.41. The van der Waals surface area contributed by atoms with Gasteiger partial charge in [0.25, 0.3) is 0 Å². The first kappa shape index (κ1) is 44.4. The van der Waals surface area contributed by atoms with Crippen LogP contribution in [-0.2, 0) is 49.6 Å². The molecule has 4 heterocycles. The molecule has 2 aromatic rings. The van der Waals surface area contributed by atoms with Gasteiger partial charge in [0.05, 0.1) is 24.5 Å². The van der Waals surface area contributed by atoms with Crippen LogP contribution in [0.3, 0.4) is 0 Å². The van der Waals surface area contributed by atoms with Crippen molar-refractivity contribution in [1.82, 2.24) is 47.1 Å². The van der Waals surface area contributed by atoms with Gasteiger partial charge in [-0.15, -0.1) is 11.8 Å². The van der Waals surface area contributed by atoms with Gasteiger partial charge in [0.2, 0.25) is 53.2 Å². The van der Waals surface area contributed by atoms with Crippen molar-refractivity contribution in [3.05, 3.63) is 29.8 Å². The second-order valence-corrected chi connectivity index (χ2v) is 16.4. The molecule has 3 aliphatic rings. The van der Waals surface area contributed by atoms with Crippen LogP contribution in [0.1, 0.15) is 65.4 Å². The lowest BCUT2D eigenvalue weighted by Gasteiger charge is -2.32. The van der Waals surface area contributed by atoms with E-state index in [1.165, 1.54) is 4.90 Å². The standard InChI is InChI=1S/C39H54N10O9S/c1-5-19(3)31-36(56)42-16-29(51)43-26-18-59-38-22(21-10-7-8-11-23(21)46-38)14-24(33(53)41-17-30(52)47-31)44-37(57)32(20(4)6-2)48-35(55)27-12-9-13-49(27)39(58)25(15-28(40)50)45-34(26)54/h7-8,10-11,19-20,24-27,31-32,46H,5-6,9,12-18H2,1-4H3,(H2,40,50)(H,41,53)(H,42,56)(H,43,51)(H,44,57)(H,45,54)(H,47,52)(H,48,55)/t19-,20-,24-,25-,26-,27-,31-,32+/m0/s1. The number of primary amides is 1. The molecular weight excluding hydrogens is 785 g/mol. The van der Waals surface area contributed by atoms with Gasteiger partial charge >= 0.3 is 0 Å². The third-order valence-corrected chi connectivity index (χ3v) is 12.3. The number of carbonyl (C=O) groups is 9. The van der Waals surface area contributed by atoms with E-state index in [0.717, 1.165) is 11.8 Å². The van der Waals surface area contributed by atoms with Crippen LogP contribution in [0.25, 0.3) is 10.9 Å². The van der Waals surface area contributed by atoms with Crippen LogP contribution in [0.5, 0.6) is 0 Å². The molecule has 19 nitrogen and oxygen atoms in total. The third kappa shape index (κ3) is 10.9. The summed E-state index contributed by atoms with van der Waals surface area (Å²) in [6.07, 6.45) is 0.811. The maximum atomic E-state index is 14.3. The molecule has 0 unspecified atom stereocenters. The number of aromatic amines is 1. The minimum absolute atomic E-state index is 0.106. The Morgan fingerprint density at radius 2 is 1.42 bits per heavy atom. The summed E-state index contributed by atoms with van der Waals surface area (Å²) in [6, 6.07) is -0.329. The number of nitrogens with one attached hydrogen (secondary N) is 8. The zero-order valence-corrected chi connectivity index (χ0v) is 34.4. The number of amides is 9. The van der Waals surface area contributed by atoms with Gasteiger partial charge in [-0.25, -0.2) is 0 Å². The normalized spacial score (nSPS) is 26.8. The van der Waals surface area contributed by atoms with E-state index in [-0.39, 0.29) is 25.1 Å². The smallest absolute Gasteiger partial charge is 0.246 e. The number of thioether (sulfide) groups is 1. The molecule has 1 saturated heterocycles. The molecule has 5 rings (SSSR count). The van der Waals surface area contributed by atoms with Crippen molar-refractivity contribution in [2.24, 2.45) is 17.6 Å². The van der Waals surface area contributed by atoms with Gasteiger partial charge in [-0.2, -0.15) is 0 Å². The molecule has 20 heteroatoms. The maximum absolute atomic E-state index is 14.3. The van der Waals surface area contributed by atoms with Crippen LogP contribution in [0, 0.1) is 11.8 Å². The van der Waals surface area contributed by atoms with Crippen LogP contribution in [-0.4, -0.2) is 125 Å². The average molecular weight is 839 g/mol. The minimum atomic E-state index is -1.52. The molecule has 8 atom stereocenters. The van der Waals surface area contributed by atoms with E-state index in [2.05, 4.69) is 42.2 Å². The number of para-hydroxylation sites is 1. The van der Waals surface area contributed by atoms with Gasteiger partial charge in [-0.3, -0.25) is 43.2 Å². The summed E-state index contributed by atoms with van der Waals surface area (Å²) < 4.78 is 0. The average Bonchev–Trinajstić information content (AvgIpc) is 3.84. The first-order chi connectivity index (χ1) is 28.1.